The SMILES string of the molecule is c1ccc(C2=NC3NC(N2)n2ccc4ccc(cc42)-c2ccccc2-c2ccc4c(c2)N3C4)cc1. The Morgan fingerprint density at radius 2 is 1.51 bits per heavy atom. The standard InChI is InChI=1S/C30H23N5/c1-2-6-20(7-3-1)28-31-29-33-30(32-28)35-18-23-13-12-22(17-27(23)35)25-9-5-4-8-24(25)21-11-10-19-14-15-34(29)26(19)16-21/h1-17,29-30,33H,18H2,(H,31,32). The normalized spacial score (nSPS) is 19.5. The van der Waals surface area contributed by atoms with E-state index in [4.69, 9.17) is 4.99 Å². The average molecular weight is 454 g/mol. The van der Waals surface area contributed by atoms with Gasteiger partial charge in [-0.15, -0.1) is 0 Å². The van der Waals surface area contributed by atoms with E-state index in [9.17, 15) is 0 Å². The third-order valence-corrected chi connectivity index (χ3v) is 7.46. The molecule has 1 aromatic heterocycles. The molecule has 0 spiro atoms. The second kappa shape index (κ2) is 7.08. The maximum absolute atomic E-state index is 5.13. The van der Waals surface area contributed by atoms with Gasteiger partial charge in [0.25, 0.3) is 0 Å². The quantitative estimate of drug-likeness (QED) is 0.343. The molecule has 2 unspecified atom stereocenters. The first-order chi connectivity index (χ1) is 17.3. The summed E-state index contributed by atoms with van der Waals surface area (Å²) in [4.78, 5) is 7.50. The Balaban J connectivity index is 1.40. The highest BCUT2D eigenvalue weighted by Gasteiger charge is 2.35. The Kier molecular flexibility index (Phi) is 3.84. The monoisotopic (exact) mass is 453 g/mol. The highest BCUT2D eigenvalue weighted by Crippen LogP contribution is 2.41. The van der Waals surface area contributed by atoms with E-state index in [-0.39, 0.29) is 12.6 Å². The maximum Gasteiger partial charge on any atom is 0.181 e. The molecular formula is C30H23N5. The van der Waals surface area contributed by atoms with E-state index >= 15 is 0 Å². The number of nitrogens with one attached hydrogen (secondary N) is 2. The number of fused-ring (bicyclic) bond motifs is 9. The van der Waals surface area contributed by atoms with Crippen LogP contribution in [0, 0.1) is 0 Å². The lowest BCUT2D eigenvalue weighted by Gasteiger charge is -2.44. The van der Waals surface area contributed by atoms with Gasteiger partial charge in [-0.05, 0) is 51.4 Å². The first kappa shape index (κ1) is 19.0. The van der Waals surface area contributed by atoms with E-state index in [2.05, 4.69) is 117 Å². The zero-order valence-electron chi connectivity index (χ0n) is 19.0. The minimum absolute atomic E-state index is 0.135. The fourth-order valence-electron chi connectivity index (χ4n) is 5.63. The van der Waals surface area contributed by atoms with Crippen LogP contribution in [0.5, 0.6) is 0 Å². The van der Waals surface area contributed by atoms with Crippen molar-refractivity contribution in [2.75, 3.05) is 4.90 Å². The van der Waals surface area contributed by atoms with Gasteiger partial charge in [-0.1, -0.05) is 78.9 Å². The van der Waals surface area contributed by atoms with E-state index in [0.717, 1.165) is 17.9 Å². The summed E-state index contributed by atoms with van der Waals surface area (Å²) in [5.41, 5.74) is 9.83. The predicted molar refractivity (Wildman–Crippen MR) is 141 cm³/mol. The molecule has 0 amide bonds. The van der Waals surface area contributed by atoms with Crippen LogP contribution < -0.4 is 15.5 Å². The molecule has 2 N–H and O–H groups in total. The molecule has 3 aliphatic rings. The highest BCUT2D eigenvalue weighted by atomic mass is 15.5. The van der Waals surface area contributed by atoms with Crippen molar-refractivity contribution in [2.45, 2.75) is 19.1 Å². The molecule has 5 nitrogen and oxygen atoms in total. The minimum Gasteiger partial charge on any atom is -0.337 e. The second-order valence-electron chi connectivity index (χ2n) is 9.44. The average Bonchev–Trinajstić information content (AvgIpc) is 3.33. The lowest BCUT2D eigenvalue weighted by atomic mass is 9.91. The van der Waals surface area contributed by atoms with Crippen LogP contribution in [0.4, 0.5) is 5.69 Å². The van der Waals surface area contributed by atoms with Crippen molar-refractivity contribution in [1.29, 1.82) is 0 Å². The van der Waals surface area contributed by atoms with E-state index in [0.29, 0.717) is 0 Å². The van der Waals surface area contributed by atoms with Crippen LogP contribution in [0.1, 0.15) is 17.4 Å². The first-order valence-corrected chi connectivity index (χ1v) is 12.1. The Morgan fingerprint density at radius 3 is 2.37 bits per heavy atom. The zero-order chi connectivity index (χ0) is 22.9. The molecule has 0 saturated heterocycles. The maximum atomic E-state index is 5.13. The molecule has 0 fully saturated rings. The Labute approximate surface area is 203 Å². The third-order valence-electron chi connectivity index (χ3n) is 7.46. The number of rotatable bonds is 1. The van der Waals surface area contributed by atoms with E-state index < -0.39 is 0 Å². The van der Waals surface area contributed by atoms with Gasteiger partial charge in [0.05, 0.1) is 5.52 Å². The minimum atomic E-state index is -0.171. The van der Waals surface area contributed by atoms with Crippen LogP contribution in [0.15, 0.2) is 108 Å². The lowest BCUT2D eigenvalue weighted by Crippen LogP contribution is -2.58. The molecule has 5 heteroatoms. The lowest BCUT2D eigenvalue weighted by molar-refractivity contribution is 0.305. The van der Waals surface area contributed by atoms with Gasteiger partial charge in [-0.2, -0.15) is 0 Å². The Morgan fingerprint density at radius 1 is 0.743 bits per heavy atom. The van der Waals surface area contributed by atoms with Crippen molar-refractivity contribution < 1.29 is 0 Å². The Bertz CT molecular complexity index is 1650. The fraction of sp³-hybridized carbons (Fsp3) is 0.100. The van der Waals surface area contributed by atoms with Crippen LogP contribution in [-0.4, -0.2) is 16.7 Å². The van der Waals surface area contributed by atoms with E-state index in [1.54, 1.807) is 0 Å². The summed E-state index contributed by atoms with van der Waals surface area (Å²) in [5, 5.41) is 8.65. The third kappa shape index (κ3) is 2.82. The van der Waals surface area contributed by atoms with E-state index in [1.807, 2.05) is 6.07 Å². The van der Waals surface area contributed by atoms with Crippen LogP contribution in [0.3, 0.4) is 0 Å². The molecule has 0 aliphatic carbocycles. The van der Waals surface area contributed by atoms with Gasteiger partial charge in [-0.25, -0.2) is 10.3 Å². The van der Waals surface area contributed by atoms with Crippen molar-refractivity contribution >= 4 is 22.4 Å². The summed E-state index contributed by atoms with van der Waals surface area (Å²) in [5.74, 6) is 0.903. The summed E-state index contributed by atoms with van der Waals surface area (Å²) in [6.45, 7) is 0.877. The van der Waals surface area contributed by atoms with Gasteiger partial charge < -0.3 is 14.8 Å². The van der Waals surface area contributed by atoms with Gasteiger partial charge in [0.2, 0.25) is 0 Å². The van der Waals surface area contributed by atoms with Crippen LogP contribution in [-0.2, 0) is 6.54 Å². The predicted octanol–water partition coefficient (Wildman–Crippen LogP) is 5.69. The topological polar surface area (TPSA) is 44.6 Å². The molecule has 4 heterocycles. The van der Waals surface area contributed by atoms with Crippen LogP contribution in [0.2, 0.25) is 0 Å². The fourth-order valence-corrected chi connectivity index (χ4v) is 5.63. The number of anilines is 1. The summed E-state index contributed by atoms with van der Waals surface area (Å²) in [6.07, 6.45) is 1.86. The number of amidine groups is 1. The van der Waals surface area contributed by atoms with Gasteiger partial charge >= 0.3 is 0 Å². The zero-order valence-corrected chi connectivity index (χ0v) is 19.0. The summed E-state index contributed by atoms with van der Waals surface area (Å²) in [6, 6.07) is 34.9. The van der Waals surface area contributed by atoms with Crippen molar-refractivity contribution in [2.24, 2.45) is 4.99 Å². The van der Waals surface area contributed by atoms with E-state index in [1.165, 1.54) is 44.4 Å². The molecule has 168 valence electrons. The molecule has 35 heavy (non-hydrogen) atoms. The molecule has 4 aromatic carbocycles. The molecule has 0 radical (unpaired) electrons. The molecule has 5 aromatic rings. The number of hydrogen-bond donors (Lipinski definition) is 2. The van der Waals surface area contributed by atoms with Gasteiger partial charge in [0, 0.05) is 24.0 Å². The number of aromatic nitrogens is 1. The summed E-state index contributed by atoms with van der Waals surface area (Å²) < 4.78 is 2.29. The molecule has 0 saturated carbocycles. The molecule has 2 atom stereocenters. The van der Waals surface area contributed by atoms with Crippen molar-refractivity contribution in [3.63, 3.8) is 0 Å². The Hall–Kier alpha value is -4.35. The number of aliphatic imine (C=N–C) groups is 1. The summed E-state index contributed by atoms with van der Waals surface area (Å²) in [7, 11) is 0. The first-order valence-electron chi connectivity index (χ1n) is 12.1. The van der Waals surface area contributed by atoms with Gasteiger partial charge in [0.1, 0.15) is 5.84 Å². The van der Waals surface area contributed by atoms with Crippen LogP contribution >= 0.6 is 0 Å². The van der Waals surface area contributed by atoms with Crippen molar-refractivity contribution in [3.8, 4) is 22.3 Å². The summed E-state index contributed by atoms with van der Waals surface area (Å²) >= 11 is 0. The van der Waals surface area contributed by atoms with Crippen molar-refractivity contribution in [3.05, 3.63) is 114 Å². The largest absolute Gasteiger partial charge is 0.337 e. The molecule has 8 rings (SSSR count). The second-order valence-corrected chi connectivity index (χ2v) is 9.44. The van der Waals surface area contributed by atoms with Gasteiger partial charge in [-0.3, -0.25) is 0 Å². The number of benzene rings is 4. The number of hydrogen-bond acceptors (Lipinski definition) is 4. The molecule has 3 aliphatic heterocycles. The smallest absolute Gasteiger partial charge is 0.181 e. The molecule has 6 bridgehead atoms. The van der Waals surface area contributed by atoms with Gasteiger partial charge in [0.15, 0.2) is 12.6 Å². The van der Waals surface area contributed by atoms with Crippen molar-refractivity contribution in [1.82, 2.24) is 15.2 Å². The number of nitrogens with zero attached hydrogens (tertiary/aromatic N) is 3. The molecular weight excluding hydrogens is 430 g/mol. The highest BCUT2D eigenvalue weighted by molar-refractivity contribution is 6.00. The van der Waals surface area contributed by atoms with Crippen LogP contribution in [0.25, 0.3) is 33.2 Å².